The van der Waals surface area contributed by atoms with Gasteiger partial charge in [-0.2, -0.15) is 0 Å². The second kappa shape index (κ2) is 3.91. The van der Waals surface area contributed by atoms with E-state index in [0.29, 0.717) is 6.07 Å². The molecule has 0 amide bonds. The fraction of sp³-hybridized carbons (Fsp3) is 0.286. The average molecular weight is 214 g/mol. The number of nitrogens with zero attached hydrogens (tertiary/aromatic N) is 1. The van der Waals surface area contributed by atoms with Gasteiger partial charge in [0, 0.05) is 6.07 Å². The van der Waals surface area contributed by atoms with Crippen molar-refractivity contribution in [1.29, 1.82) is 0 Å². The highest BCUT2D eigenvalue weighted by atomic mass is 35.5. The van der Waals surface area contributed by atoms with Crippen molar-refractivity contribution < 1.29 is 17.6 Å². The van der Waals surface area contributed by atoms with Gasteiger partial charge in [-0.15, -0.1) is 11.6 Å². The van der Waals surface area contributed by atoms with E-state index in [9.17, 15) is 17.6 Å². The molecule has 0 saturated heterocycles. The van der Waals surface area contributed by atoms with E-state index in [-0.39, 0.29) is 11.6 Å². The van der Waals surface area contributed by atoms with E-state index in [1.807, 2.05) is 0 Å². The van der Waals surface area contributed by atoms with Crippen molar-refractivity contribution in [3.05, 3.63) is 29.1 Å². The molecule has 0 atom stereocenters. The van der Waals surface area contributed by atoms with Crippen LogP contribution in [0.25, 0.3) is 0 Å². The Morgan fingerprint density at radius 1 is 1.31 bits per heavy atom. The van der Waals surface area contributed by atoms with Crippen molar-refractivity contribution in [2.75, 3.05) is 0 Å². The first-order valence-electron chi connectivity index (χ1n) is 3.25. The van der Waals surface area contributed by atoms with Gasteiger partial charge in [-0.05, 0) is 0 Å². The predicted octanol–water partition coefficient (Wildman–Crippen LogP) is 3.04. The summed E-state index contributed by atoms with van der Waals surface area (Å²) in [7, 11) is 0. The number of rotatable bonds is 2. The number of aromatic nitrogens is 1. The highest BCUT2D eigenvalue weighted by Crippen LogP contribution is 2.22. The van der Waals surface area contributed by atoms with Crippen LogP contribution in [0.1, 0.15) is 17.8 Å². The van der Waals surface area contributed by atoms with Gasteiger partial charge < -0.3 is 0 Å². The van der Waals surface area contributed by atoms with Crippen LogP contribution in [0.15, 0.2) is 6.07 Å². The topological polar surface area (TPSA) is 12.9 Å². The Hall–Kier alpha value is -0.840. The molecule has 0 fully saturated rings. The molecule has 0 aliphatic carbocycles. The Balaban J connectivity index is 3.22. The van der Waals surface area contributed by atoms with Crippen LogP contribution >= 0.6 is 11.6 Å². The van der Waals surface area contributed by atoms with Crippen LogP contribution in [0.3, 0.4) is 0 Å². The standard InChI is InChI=1S/C7H4ClF4N/c8-2-5-3(9)1-4(10)6(13-5)7(11)12/h1,7H,2H2. The first-order valence-corrected chi connectivity index (χ1v) is 3.78. The summed E-state index contributed by atoms with van der Waals surface area (Å²) >= 11 is 5.19. The molecule has 1 rings (SSSR count). The summed E-state index contributed by atoms with van der Waals surface area (Å²) in [6.45, 7) is 0. The van der Waals surface area contributed by atoms with Gasteiger partial charge in [-0.3, -0.25) is 0 Å². The molecule has 0 spiro atoms. The molecule has 72 valence electrons. The fourth-order valence-electron chi connectivity index (χ4n) is 0.767. The molecule has 0 bridgehead atoms. The first kappa shape index (κ1) is 10.2. The van der Waals surface area contributed by atoms with Crippen LogP contribution in [0.4, 0.5) is 17.6 Å². The Bertz CT molecular complexity index is 316. The number of alkyl halides is 3. The van der Waals surface area contributed by atoms with E-state index in [0.717, 1.165) is 0 Å². The molecule has 0 aliphatic rings. The Morgan fingerprint density at radius 2 is 1.92 bits per heavy atom. The molecule has 0 aliphatic heterocycles. The normalized spacial score (nSPS) is 10.9. The van der Waals surface area contributed by atoms with Crippen molar-refractivity contribution in [3.8, 4) is 0 Å². The minimum absolute atomic E-state index is 0.353. The lowest BCUT2D eigenvalue weighted by Gasteiger charge is -2.03. The lowest BCUT2D eigenvalue weighted by Crippen LogP contribution is -2.02. The number of hydrogen-bond acceptors (Lipinski definition) is 1. The van der Waals surface area contributed by atoms with E-state index in [1.165, 1.54) is 0 Å². The SMILES string of the molecule is Fc1cc(F)c(C(F)F)nc1CCl. The van der Waals surface area contributed by atoms with Crippen LogP contribution < -0.4 is 0 Å². The minimum Gasteiger partial charge on any atom is -0.244 e. The van der Waals surface area contributed by atoms with Crippen molar-refractivity contribution in [2.45, 2.75) is 12.3 Å². The molecular weight excluding hydrogens is 210 g/mol. The van der Waals surface area contributed by atoms with E-state index in [2.05, 4.69) is 4.98 Å². The molecule has 1 aromatic heterocycles. The third-order valence-electron chi connectivity index (χ3n) is 1.36. The average Bonchev–Trinajstić information content (AvgIpc) is 2.03. The maximum absolute atomic E-state index is 12.7. The Morgan fingerprint density at radius 3 is 2.38 bits per heavy atom. The first-order chi connectivity index (χ1) is 6.06. The van der Waals surface area contributed by atoms with Gasteiger partial charge in [0.15, 0.2) is 5.82 Å². The molecule has 1 aromatic rings. The molecule has 13 heavy (non-hydrogen) atoms. The molecule has 0 N–H and O–H groups in total. The van der Waals surface area contributed by atoms with Crippen LogP contribution in [0.2, 0.25) is 0 Å². The summed E-state index contributed by atoms with van der Waals surface area (Å²) in [4.78, 5) is 3.06. The lowest BCUT2D eigenvalue weighted by molar-refractivity contribution is 0.140. The zero-order valence-corrected chi connectivity index (χ0v) is 6.95. The van der Waals surface area contributed by atoms with Crippen molar-refractivity contribution in [3.63, 3.8) is 0 Å². The molecule has 0 unspecified atom stereocenters. The summed E-state index contributed by atoms with van der Waals surface area (Å²) in [5.74, 6) is -2.75. The largest absolute Gasteiger partial charge is 0.283 e. The van der Waals surface area contributed by atoms with Gasteiger partial charge in [0.25, 0.3) is 6.43 Å². The second-order valence-electron chi connectivity index (χ2n) is 2.22. The molecule has 0 saturated carbocycles. The van der Waals surface area contributed by atoms with E-state index >= 15 is 0 Å². The quantitative estimate of drug-likeness (QED) is 0.544. The van der Waals surface area contributed by atoms with Gasteiger partial charge in [-0.25, -0.2) is 22.5 Å². The maximum Gasteiger partial charge on any atom is 0.283 e. The van der Waals surface area contributed by atoms with Crippen LogP contribution in [-0.2, 0) is 5.88 Å². The fourth-order valence-corrected chi connectivity index (χ4v) is 0.955. The third kappa shape index (κ3) is 2.09. The summed E-state index contributed by atoms with van der Waals surface area (Å²) in [6.07, 6.45) is -3.07. The van der Waals surface area contributed by atoms with Gasteiger partial charge >= 0.3 is 0 Å². The lowest BCUT2D eigenvalue weighted by atomic mass is 10.3. The zero-order chi connectivity index (χ0) is 10.0. The third-order valence-corrected chi connectivity index (χ3v) is 1.62. The molecule has 6 heteroatoms. The summed E-state index contributed by atoms with van der Waals surface area (Å²) in [6, 6.07) is 0.353. The monoisotopic (exact) mass is 213 g/mol. The summed E-state index contributed by atoms with van der Waals surface area (Å²) in [5.41, 5.74) is -1.45. The van der Waals surface area contributed by atoms with Crippen molar-refractivity contribution >= 4 is 11.6 Å². The van der Waals surface area contributed by atoms with E-state index < -0.39 is 23.8 Å². The summed E-state index contributed by atoms with van der Waals surface area (Å²) in [5, 5.41) is 0. The van der Waals surface area contributed by atoms with Crippen LogP contribution in [-0.4, -0.2) is 4.98 Å². The van der Waals surface area contributed by atoms with E-state index in [1.54, 1.807) is 0 Å². The second-order valence-corrected chi connectivity index (χ2v) is 2.49. The van der Waals surface area contributed by atoms with Gasteiger partial charge in [0.1, 0.15) is 11.5 Å². The molecular formula is C7H4ClF4N. The summed E-state index contributed by atoms with van der Waals surface area (Å²) < 4.78 is 49.3. The van der Waals surface area contributed by atoms with Crippen LogP contribution in [0, 0.1) is 11.6 Å². The minimum atomic E-state index is -3.07. The molecule has 0 aromatic carbocycles. The highest BCUT2D eigenvalue weighted by Gasteiger charge is 2.18. The van der Waals surface area contributed by atoms with Crippen LogP contribution in [0.5, 0.6) is 0 Å². The van der Waals surface area contributed by atoms with Gasteiger partial charge in [-0.1, -0.05) is 0 Å². The highest BCUT2D eigenvalue weighted by molar-refractivity contribution is 6.16. The van der Waals surface area contributed by atoms with Gasteiger partial charge in [0.05, 0.1) is 11.6 Å². The molecule has 1 heterocycles. The zero-order valence-electron chi connectivity index (χ0n) is 6.20. The van der Waals surface area contributed by atoms with Gasteiger partial charge in [0.2, 0.25) is 0 Å². The Kier molecular flexibility index (Phi) is 3.08. The molecule has 1 nitrogen and oxygen atoms in total. The number of pyridine rings is 1. The number of halogens is 5. The smallest absolute Gasteiger partial charge is 0.244 e. The van der Waals surface area contributed by atoms with Crippen molar-refractivity contribution in [1.82, 2.24) is 4.98 Å². The number of hydrogen-bond donors (Lipinski definition) is 0. The van der Waals surface area contributed by atoms with Crippen molar-refractivity contribution in [2.24, 2.45) is 0 Å². The van der Waals surface area contributed by atoms with E-state index in [4.69, 9.17) is 11.6 Å². The maximum atomic E-state index is 12.7. The molecule has 0 radical (unpaired) electrons. The predicted molar refractivity (Wildman–Crippen MR) is 38.7 cm³/mol. The Labute approximate surface area is 76.3 Å².